The van der Waals surface area contributed by atoms with Gasteiger partial charge < -0.3 is 10.6 Å². The molecule has 3 aliphatic rings. The summed E-state index contributed by atoms with van der Waals surface area (Å²) < 4.78 is 1.85. The van der Waals surface area contributed by atoms with Crippen molar-refractivity contribution in [2.75, 3.05) is 0 Å². The van der Waals surface area contributed by atoms with Gasteiger partial charge in [-0.25, -0.2) is 4.79 Å². The number of amides is 2. The number of hydrogen-bond donors (Lipinski definition) is 2. The van der Waals surface area contributed by atoms with Crippen LogP contribution in [0.4, 0.5) is 4.79 Å². The zero-order chi connectivity index (χ0) is 15.9. The summed E-state index contributed by atoms with van der Waals surface area (Å²) in [5.41, 5.74) is 2.57. The van der Waals surface area contributed by atoms with E-state index in [0.29, 0.717) is 23.8 Å². The van der Waals surface area contributed by atoms with Crippen molar-refractivity contribution in [3.8, 4) is 0 Å². The van der Waals surface area contributed by atoms with Crippen LogP contribution in [-0.4, -0.2) is 21.9 Å². The van der Waals surface area contributed by atoms with Crippen LogP contribution in [0.3, 0.4) is 0 Å². The molecule has 3 atom stereocenters. The third-order valence-electron chi connectivity index (χ3n) is 5.66. The van der Waals surface area contributed by atoms with E-state index in [1.165, 1.54) is 12.0 Å². The Hall–Kier alpha value is -1.78. The van der Waals surface area contributed by atoms with Crippen molar-refractivity contribution < 1.29 is 4.79 Å². The second-order valence-corrected chi connectivity index (χ2v) is 7.20. The number of aryl methyl sites for hydroxylation is 1. The smallest absolute Gasteiger partial charge is 0.315 e. The molecule has 3 fully saturated rings. The van der Waals surface area contributed by atoms with Crippen LogP contribution in [0.15, 0.2) is 24.5 Å². The number of hydrogen-bond acceptors (Lipinski definition) is 2. The summed E-state index contributed by atoms with van der Waals surface area (Å²) in [6.45, 7) is 12.3. The van der Waals surface area contributed by atoms with Crippen molar-refractivity contribution in [2.24, 2.45) is 17.3 Å². The minimum Gasteiger partial charge on any atom is -0.334 e. The first-order valence-electron chi connectivity index (χ1n) is 8.16. The van der Waals surface area contributed by atoms with Gasteiger partial charge in [-0.1, -0.05) is 26.0 Å². The van der Waals surface area contributed by atoms with Gasteiger partial charge in [0, 0.05) is 24.8 Å². The van der Waals surface area contributed by atoms with Crippen molar-refractivity contribution in [1.29, 1.82) is 0 Å². The Morgan fingerprint density at radius 3 is 2.86 bits per heavy atom. The van der Waals surface area contributed by atoms with Crippen LogP contribution in [0.1, 0.15) is 39.2 Å². The molecule has 1 heterocycles. The highest BCUT2D eigenvalue weighted by molar-refractivity contribution is 5.74. The van der Waals surface area contributed by atoms with Crippen LogP contribution in [0.2, 0.25) is 0 Å². The van der Waals surface area contributed by atoms with Crippen LogP contribution < -0.4 is 10.6 Å². The number of nitrogens with zero attached hydrogens (tertiary/aromatic N) is 2. The highest BCUT2D eigenvalue weighted by atomic mass is 16.2. The molecule has 0 radical (unpaired) electrons. The molecule has 0 spiro atoms. The van der Waals surface area contributed by atoms with Gasteiger partial charge in [0.05, 0.1) is 12.2 Å². The minimum atomic E-state index is -0.116. The zero-order valence-corrected chi connectivity index (χ0v) is 13.7. The van der Waals surface area contributed by atoms with E-state index in [4.69, 9.17) is 0 Å². The predicted octanol–water partition coefficient (Wildman–Crippen LogP) is 2.69. The zero-order valence-electron chi connectivity index (χ0n) is 13.7. The summed E-state index contributed by atoms with van der Waals surface area (Å²) in [7, 11) is 0. The molecule has 0 aromatic carbocycles. The Kier molecular flexibility index (Phi) is 3.75. The number of urea groups is 1. The lowest BCUT2D eigenvalue weighted by molar-refractivity contribution is -0.0368. The minimum absolute atomic E-state index is 0.116. The first-order valence-corrected chi connectivity index (χ1v) is 8.16. The van der Waals surface area contributed by atoms with E-state index < -0.39 is 0 Å². The van der Waals surface area contributed by atoms with E-state index in [9.17, 15) is 4.79 Å². The molecule has 1 aromatic heterocycles. The fourth-order valence-electron chi connectivity index (χ4n) is 3.94. The van der Waals surface area contributed by atoms with E-state index in [-0.39, 0.29) is 12.1 Å². The summed E-state index contributed by atoms with van der Waals surface area (Å²) in [6.07, 6.45) is 6.00. The van der Waals surface area contributed by atoms with Crippen molar-refractivity contribution >= 4 is 6.03 Å². The van der Waals surface area contributed by atoms with Gasteiger partial charge in [-0.2, -0.15) is 5.10 Å². The molecular weight excluding hydrogens is 276 g/mol. The van der Waals surface area contributed by atoms with E-state index in [0.717, 1.165) is 18.5 Å². The van der Waals surface area contributed by atoms with Crippen molar-refractivity contribution in [3.05, 3.63) is 30.1 Å². The quantitative estimate of drug-likeness (QED) is 0.840. The second-order valence-electron chi connectivity index (χ2n) is 7.20. The maximum Gasteiger partial charge on any atom is 0.315 e. The summed E-state index contributed by atoms with van der Waals surface area (Å²) in [5, 5.41) is 10.2. The Labute approximate surface area is 132 Å². The van der Waals surface area contributed by atoms with Crippen molar-refractivity contribution in [3.63, 3.8) is 0 Å². The van der Waals surface area contributed by atoms with Gasteiger partial charge in [-0.05, 0) is 37.0 Å². The van der Waals surface area contributed by atoms with Gasteiger partial charge in [0.15, 0.2) is 0 Å². The summed E-state index contributed by atoms with van der Waals surface area (Å²) >= 11 is 0. The number of carbonyl (C=O) groups excluding carboxylic acids is 1. The number of fused-ring (bicyclic) bond motifs is 2. The molecular formula is C17H26N4O. The molecule has 2 N–H and O–H groups in total. The molecule has 5 nitrogen and oxygen atoms in total. The lowest BCUT2D eigenvalue weighted by atomic mass is 9.46. The number of rotatable bonds is 4. The van der Waals surface area contributed by atoms with Gasteiger partial charge in [0.1, 0.15) is 0 Å². The summed E-state index contributed by atoms with van der Waals surface area (Å²) in [5.74, 6) is 1.26. The predicted molar refractivity (Wildman–Crippen MR) is 86.2 cm³/mol. The highest BCUT2D eigenvalue weighted by Crippen LogP contribution is 2.60. The Morgan fingerprint density at radius 2 is 2.27 bits per heavy atom. The Bertz CT molecular complexity index is 589. The molecule has 120 valence electrons. The topological polar surface area (TPSA) is 59.0 Å². The first kappa shape index (κ1) is 15.1. The van der Waals surface area contributed by atoms with Gasteiger partial charge in [0.25, 0.3) is 0 Å². The van der Waals surface area contributed by atoms with Crippen molar-refractivity contribution in [2.45, 2.75) is 52.7 Å². The average molecular weight is 302 g/mol. The van der Waals surface area contributed by atoms with Crippen molar-refractivity contribution in [1.82, 2.24) is 20.4 Å². The molecule has 3 saturated carbocycles. The molecule has 2 bridgehead atoms. The average Bonchev–Trinajstić information content (AvgIpc) is 2.94. The standard InChI is InChI=1S/C17H26N4O/c1-5-21-10-12(9-19-21)8-18-16(22)20-15-7-13-6-14(11(15)2)17(13,3)4/h9-10,13-15H,2,5-8H2,1,3-4H3,(H2,18,20,22)/t13-,14+,15?/m1/s1. The lowest BCUT2D eigenvalue weighted by Crippen LogP contribution is -2.58. The van der Waals surface area contributed by atoms with Crippen LogP contribution >= 0.6 is 0 Å². The van der Waals surface area contributed by atoms with Gasteiger partial charge in [0.2, 0.25) is 0 Å². The molecule has 22 heavy (non-hydrogen) atoms. The molecule has 0 saturated heterocycles. The molecule has 0 aliphatic heterocycles. The third kappa shape index (κ3) is 2.53. The van der Waals surface area contributed by atoms with E-state index in [2.05, 4.69) is 36.2 Å². The fourth-order valence-corrected chi connectivity index (χ4v) is 3.94. The highest BCUT2D eigenvalue weighted by Gasteiger charge is 2.54. The maximum absolute atomic E-state index is 12.1. The third-order valence-corrected chi connectivity index (χ3v) is 5.66. The van der Waals surface area contributed by atoms with E-state index in [1.807, 2.05) is 17.8 Å². The maximum atomic E-state index is 12.1. The fraction of sp³-hybridized carbons (Fsp3) is 0.647. The number of nitrogens with one attached hydrogen (secondary N) is 2. The second kappa shape index (κ2) is 5.45. The van der Waals surface area contributed by atoms with E-state index in [1.54, 1.807) is 6.20 Å². The van der Waals surface area contributed by atoms with Gasteiger partial charge >= 0.3 is 6.03 Å². The largest absolute Gasteiger partial charge is 0.334 e. The Balaban J connectivity index is 1.49. The number of carbonyl (C=O) groups is 1. The summed E-state index contributed by atoms with van der Waals surface area (Å²) in [4.78, 5) is 12.1. The van der Waals surface area contributed by atoms with Gasteiger partial charge in [-0.15, -0.1) is 0 Å². The molecule has 2 amide bonds. The lowest BCUT2D eigenvalue weighted by Gasteiger charge is -2.59. The molecule has 3 aliphatic carbocycles. The molecule has 1 aromatic rings. The monoisotopic (exact) mass is 302 g/mol. The molecule has 4 rings (SSSR count). The van der Waals surface area contributed by atoms with Crippen LogP contribution in [0.25, 0.3) is 0 Å². The number of aromatic nitrogens is 2. The molecule has 5 heteroatoms. The SMILES string of the molecule is C=C1C(NC(=O)NCc2cnn(CC)c2)C[C@H]2C[C@@H]1C2(C)C. The summed E-state index contributed by atoms with van der Waals surface area (Å²) in [6, 6.07) is 0.00430. The van der Waals surface area contributed by atoms with Gasteiger partial charge in [-0.3, -0.25) is 4.68 Å². The van der Waals surface area contributed by atoms with Crippen LogP contribution in [-0.2, 0) is 13.1 Å². The first-order chi connectivity index (χ1) is 10.4. The van der Waals surface area contributed by atoms with Crippen LogP contribution in [0.5, 0.6) is 0 Å². The van der Waals surface area contributed by atoms with E-state index >= 15 is 0 Å². The van der Waals surface area contributed by atoms with Crippen LogP contribution in [0, 0.1) is 17.3 Å². The normalized spacial score (nSPS) is 28.9. The Morgan fingerprint density at radius 1 is 1.50 bits per heavy atom. The molecule has 1 unspecified atom stereocenters.